The number of carbonyl (C=O) groups excluding carboxylic acids is 1. The van der Waals surface area contributed by atoms with Crippen molar-refractivity contribution in [3.05, 3.63) is 0 Å². The lowest BCUT2D eigenvalue weighted by Crippen LogP contribution is -2.60. The normalized spacial score (nSPS) is 14.2. The van der Waals surface area contributed by atoms with Crippen LogP contribution < -0.4 is 10.6 Å². The van der Waals surface area contributed by atoms with Gasteiger partial charge in [0.15, 0.2) is 0 Å². The van der Waals surface area contributed by atoms with Gasteiger partial charge in [0.1, 0.15) is 0 Å². The SMILES string of the molecule is CC(C)C(C)NC(=O)NC(C)(C)C(C)(C)C(=O)O. The summed E-state index contributed by atoms with van der Waals surface area (Å²) in [6.07, 6.45) is 0. The maximum atomic E-state index is 11.8. The van der Waals surface area contributed by atoms with Crippen LogP contribution in [0.1, 0.15) is 48.5 Å². The molecular formula is C13H26N2O3. The summed E-state index contributed by atoms with van der Waals surface area (Å²) in [6.45, 7) is 12.6. The van der Waals surface area contributed by atoms with Crippen LogP contribution in [0.25, 0.3) is 0 Å². The van der Waals surface area contributed by atoms with Crippen LogP contribution in [0.3, 0.4) is 0 Å². The highest BCUT2D eigenvalue weighted by Crippen LogP contribution is 2.30. The number of hydrogen-bond donors (Lipinski definition) is 3. The molecule has 0 bridgehead atoms. The quantitative estimate of drug-likeness (QED) is 0.707. The number of hydrogen-bond acceptors (Lipinski definition) is 2. The average molecular weight is 258 g/mol. The maximum Gasteiger partial charge on any atom is 0.315 e. The number of carboxylic acids is 1. The summed E-state index contributed by atoms with van der Waals surface area (Å²) in [4.78, 5) is 23.0. The highest BCUT2D eigenvalue weighted by molar-refractivity contribution is 5.79. The zero-order valence-corrected chi connectivity index (χ0v) is 12.4. The van der Waals surface area contributed by atoms with Gasteiger partial charge < -0.3 is 15.7 Å². The second-order valence-electron chi connectivity index (χ2n) is 6.19. The Labute approximate surface area is 109 Å². The molecule has 0 rings (SSSR count). The van der Waals surface area contributed by atoms with Gasteiger partial charge in [0.25, 0.3) is 0 Å². The highest BCUT2D eigenvalue weighted by atomic mass is 16.4. The lowest BCUT2D eigenvalue weighted by atomic mass is 9.74. The van der Waals surface area contributed by atoms with Gasteiger partial charge in [0, 0.05) is 6.04 Å². The van der Waals surface area contributed by atoms with Crippen LogP contribution >= 0.6 is 0 Å². The van der Waals surface area contributed by atoms with Crippen molar-refractivity contribution in [1.29, 1.82) is 0 Å². The predicted molar refractivity (Wildman–Crippen MR) is 71.5 cm³/mol. The molecule has 0 heterocycles. The second-order valence-corrected chi connectivity index (χ2v) is 6.19. The van der Waals surface area contributed by atoms with Crippen LogP contribution in [0, 0.1) is 11.3 Å². The Bertz CT molecular complexity index is 322. The van der Waals surface area contributed by atoms with Gasteiger partial charge in [0.05, 0.1) is 11.0 Å². The highest BCUT2D eigenvalue weighted by Gasteiger charge is 2.44. The summed E-state index contributed by atoms with van der Waals surface area (Å²) in [7, 11) is 0. The van der Waals surface area contributed by atoms with E-state index in [9.17, 15) is 14.7 Å². The number of nitrogens with one attached hydrogen (secondary N) is 2. The Morgan fingerprint density at radius 3 is 1.83 bits per heavy atom. The van der Waals surface area contributed by atoms with E-state index < -0.39 is 16.9 Å². The molecule has 0 aromatic rings. The Kier molecular flexibility index (Phi) is 5.20. The summed E-state index contributed by atoms with van der Waals surface area (Å²) < 4.78 is 0. The molecule has 0 fully saturated rings. The molecule has 106 valence electrons. The molecule has 0 saturated heterocycles. The van der Waals surface area contributed by atoms with Crippen molar-refractivity contribution in [2.24, 2.45) is 11.3 Å². The summed E-state index contributed by atoms with van der Waals surface area (Å²) in [5.41, 5.74) is -1.90. The molecule has 2 amide bonds. The Morgan fingerprint density at radius 2 is 1.50 bits per heavy atom. The molecule has 0 aliphatic rings. The van der Waals surface area contributed by atoms with Crippen LogP contribution in [-0.4, -0.2) is 28.7 Å². The first-order valence-electron chi connectivity index (χ1n) is 6.24. The molecule has 0 aromatic carbocycles. The number of carboxylic acid groups (broad SMARTS) is 1. The van der Waals surface area contributed by atoms with E-state index in [4.69, 9.17) is 0 Å². The zero-order valence-electron chi connectivity index (χ0n) is 12.4. The first kappa shape index (κ1) is 16.7. The van der Waals surface area contributed by atoms with Gasteiger partial charge in [-0.3, -0.25) is 4.79 Å². The summed E-state index contributed by atoms with van der Waals surface area (Å²) in [5, 5.41) is 14.7. The fraction of sp³-hybridized carbons (Fsp3) is 0.846. The van der Waals surface area contributed by atoms with Gasteiger partial charge in [0.2, 0.25) is 0 Å². The van der Waals surface area contributed by atoms with E-state index in [0.29, 0.717) is 5.92 Å². The van der Waals surface area contributed by atoms with Crippen molar-refractivity contribution in [3.8, 4) is 0 Å². The monoisotopic (exact) mass is 258 g/mol. The first-order valence-corrected chi connectivity index (χ1v) is 6.24. The van der Waals surface area contributed by atoms with Crippen molar-refractivity contribution in [2.75, 3.05) is 0 Å². The van der Waals surface area contributed by atoms with E-state index >= 15 is 0 Å². The lowest BCUT2D eigenvalue weighted by Gasteiger charge is -2.39. The van der Waals surface area contributed by atoms with Crippen molar-refractivity contribution in [2.45, 2.75) is 60.0 Å². The second kappa shape index (κ2) is 5.59. The van der Waals surface area contributed by atoms with E-state index in [1.807, 2.05) is 20.8 Å². The molecule has 18 heavy (non-hydrogen) atoms. The molecule has 5 heteroatoms. The van der Waals surface area contributed by atoms with Crippen molar-refractivity contribution >= 4 is 12.0 Å². The van der Waals surface area contributed by atoms with Crippen molar-refractivity contribution in [3.63, 3.8) is 0 Å². The largest absolute Gasteiger partial charge is 0.481 e. The van der Waals surface area contributed by atoms with Gasteiger partial charge in [-0.25, -0.2) is 4.79 Å². The van der Waals surface area contributed by atoms with Crippen LogP contribution in [0.4, 0.5) is 4.79 Å². The molecule has 1 atom stereocenters. The minimum Gasteiger partial charge on any atom is -0.481 e. The van der Waals surface area contributed by atoms with Gasteiger partial charge in [-0.1, -0.05) is 13.8 Å². The molecule has 0 aromatic heterocycles. The van der Waals surface area contributed by atoms with E-state index in [-0.39, 0.29) is 12.1 Å². The average Bonchev–Trinajstić information content (AvgIpc) is 2.15. The maximum absolute atomic E-state index is 11.8. The van der Waals surface area contributed by atoms with E-state index in [0.717, 1.165) is 0 Å². The molecular weight excluding hydrogens is 232 g/mol. The molecule has 0 aliphatic heterocycles. The van der Waals surface area contributed by atoms with Gasteiger partial charge in [-0.15, -0.1) is 0 Å². The zero-order chi connectivity index (χ0) is 14.7. The smallest absolute Gasteiger partial charge is 0.315 e. The first-order chi connectivity index (χ1) is 7.91. The van der Waals surface area contributed by atoms with E-state index in [2.05, 4.69) is 10.6 Å². The number of aliphatic carboxylic acids is 1. The Morgan fingerprint density at radius 1 is 1.06 bits per heavy atom. The number of carbonyl (C=O) groups is 2. The molecule has 0 radical (unpaired) electrons. The van der Waals surface area contributed by atoms with Crippen molar-refractivity contribution < 1.29 is 14.7 Å². The fourth-order valence-corrected chi connectivity index (χ4v) is 1.12. The molecule has 5 nitrogen and oxygen atoms in total. The molecule has 0 spiro atoms. The fourth-order valence-electron chi connectivity index (χ4n) is 1.12. The van der Waals surface area contributed by atoms with Crippen LogP contribution in [0.2, 0.25) is 0 Å². The van der Waals surface area contributed by atoms with Gasteiger partial charge in [-0.2, -0.15) is 0 Å². The standard InChI is InChI=1S/C13H26N2O3/c1-8(2)9(3)14-11(18)15-13(6,7)12(4,5)10(16)17/h8-9H,1-7H3,(H,16,17)(H2,14,15,18). The van der Waals surface area contributed by atoms with E-state index in [1.165, 1.54) is 0 Å². The van der Waals surface area contributed by atoms with Crippen LogP contribution in [0.15, 0.2) is 0 Å². The Balaban J connectivity index is 4.69. The third-order valence-corrected chi connectivity index (χ3v) is 3.88. The Hall–Kier alpha value is -1.26. The number of rotatable bonds is 5. The van der Waals surface area contributed by atoms with Crippen LogP contribution in [0.5, 0.6) is 0 Å². The summed E-state index contributed by atoms with van der Waals surface area (Å²) in [6, 6.07) is -0.302. The molecule has 0 aliphatic carbocycles. The predicted octanol–water partition coefficient (Wildman–Crippen LogP) is 2.22. The molecule has 3 N–H and O–H groups in total. The van der Waals surface area contributed by atoms with Gasteiger partial charge in [-0.05, 0) is 40.5 Å². The summed E-state index contributed by atoms with van der Waals surface area (Å²) >= 11 is 0. The minimum absolute atomic E-state index is 0.0359. The van der Waals surface area contributed by atoms with Gasteiger partial charge >= 0.3 is 12.0 Å². The van der Waals surface area contributed by atoms with Crippen LogP contribution in [-0.2, 0) is 4.79 Å². The lowest BCUT2D eigenvalue weighted by molar-refractivity contribution is -0.150. The topological polar surface area (TPSA) is 78.4 Å². The third kappa shape index (κ3) is 3.89. The van der Waals surface area contributed by atoms with Crippen molar-refractivity contribution in [1.82, 2.24) is 10.6 Å². The third-order valence-electron chi connectivity index (χ3n) is 3.88. The molecule has 1 unspecified atom stereocenters. The minimum atomic E-state index is -1.05. The van der Waals surface area contributed by atoms with E-state index in [1.54, 1.807) is 27.7 Å². The summed E-state index contributed by atoms with van der Waals surface area (Å²) in [5.74, 6) is -0.615. The number of amides is 2. The molecule has 0 saturated carbocycles. The number of urea groups is 1.